The molecule has 1 amide bonds. The van der Waals surface area contributed by atoms with Crippen LogP contribution in [0.5, 0.6) is 5.75 Å². The van der Waals surface area contributed by atoms with Gasteiger partial charge in [-0.25, -0.2) is 0 Å². The lowest BCUT2D eigenvalue weighted by Crippen LogP contribution is -2.40. The molecule has 4 nitrogen and oxygen atoms in total. The van der Waals surface area contributed by atoms with E-state index in [0.29, 0.717) is 13.2 Å². The van der Waals surface area contributed by atoms with Gasteiger partial charge in [-0.05, 0) is 42.5 Å². The smallest absolute Gasteiger partial charge is 0.253 e. The zero-order valence-electron chi connectivity index (χ0n) is 11.0. The zero-order valence-corrected chi connectivity index (χ0v) is 11.0. The second-order valence-electron chi connectivity index (χ2n) is 5.36. The van der Waals surface area contributed by atoms with Crippen molar-refractivity contribution in [2.45, 2.75) is 19.3 Å². The highest BCUT2D eigenvalue weighted by atomic mass is 16.5. The van der Waals surface area contributed by atoms with E-state index in [1.807, 2.05) is 23.1 Å². The predicted molar refractivity (Wildman–Crippen MR) is 71.4 cm³/mol. The summed E-state index contributed by atoms with van der Waals surface area (Å²) in [6.07, 6.45) is 2.87. The van der Waals surface area contributed by atoms with Crippen molar-refractivity contribution in [2.24, 2.45) is 5.92 Å². The molecule has 3 rings (SSSR count). The number of aliphatic hydroxyl groups is 1. The average molecular weight is 261 g/mol. The highest BCUT2D eigenvalue weighted by molar-refractivity contribution is 5.94. The summed E-state index contributed by atoms with van der Waals surface area (Å²) in [7, 11) is 0. The van der Waals surface area contributed by atoms with E-state index >= 15 is 0 Å². The first kappa shape index (κ1) is 12.5. The number of hydrogen-bond donors (Lipinski definition) is 1. The molecule has 2 aliphatic rings. The van der Waals surface area contributed by atoms with Gasteiger partial charge in [-0.1, -0.05) is 0 Å². The van der Waals surface area contributed by atoms with Crippen molar-refractivity contribution in [3.05, 3.63) is 29.3 Å². The molecule has 0 aliphatic carbocycles. The minimum absolute atomic E-state index is 0.0767. The maximum Gasteiger partial charge on any atom is 0.253 e. The molecule has 0 aromatic heterocycles. The molecule has 0 spiro atoms. The Morgan fingerprint density at radius 1 is 1.47 bits per heavy atom. The second kappa shape index (κ2) is 5.21. The normalized spacial score (nSPS) is 21.9. The van der Waals surface area contributed by atoms with E-state index in [0.717, 1.165) is 42.7 Å². The van der Waals surface area contributed by atoms with Crippen molar-refractivity contribution in [2.75, 3.05) is 26.3 Å². The van der Waals surface area contributed by atoms with Crippen molar-refractivity contribution in [1.29, 1.82) is 0 Å². The van der Waals surface area contributed by atoms with Crippen LogP contribution in [0, 0.1) is 5.92 Å². The number of fused-ring (bicyclic) bond motifs is 1. The van der Waals surface area contributed by atoms with Crippen LogP contribution in [0.2, 0.25) is 0 Å². The van der Waals surface area contributed by atoms with E-state index in [1.54, 1.807) is 0 Å². The van der Waals surface area contributed by atoms with E-state index in [2.05, 4.69) is 0 Å². The summed E-state index contributed by atoms with van der Waals surface area (Å²) in [6, 6.07) is 5.69. The lowest BCUT2D eigenvalue weighted by molar-refractivity contribution is 0.0620. The quantitative estimate of drug-likeness (QED) is 0.877. The van der Waals surface area contributed by atoms with Gasteiger partial charge in [0.2, 0.25) is 0 Å². The fraction of sp³-hybridized carbons (Fsp3) is 0.533. The maximum atomic E-state index is 12.5. The first-order chi connectivity index (χ1) is 9.28. The number of hydrogen-bond acceptors (Lipinski definition) is 3. The topological polar surface area (TPSA) is 49.8 Å². The Balaban J connectivity index is 1.76. The monoisotopic (exact) mass is 261 g/mol. The molecule has 4 heteroatoms. The summed E-state index contributed by atoms with van der Waals surface area (Å²) in [5, 5.41) is 9.23. The van der Waals surface area contributed by atoms with Crippen molar-refractivity contribution in [3.63, 3.8) is 0 Å². The van der Waals surface area contributed by atoms with Crippen LogP contribution in [0.15, 0.2) is 18.2 Å². The number of carbonyl (C=O) groups excluding carboxylic acids is 1. The van der Waals surface area contributed by atoms with E-state index in [4.69, 9.17) is 4.74 Å². The standard InChI is InChI=1S/C15H19NO3/c17-10-11-2-1-6-16(9-11)15(18)13-3-4-14-12(8-13)5-7-19-14/h3-4,8,11,17H,1-2,5-7,9-10H2. The van der Waals surface area contributed by atoms with Crippen LogP contribution in [0.1, 0.15) is 28.8 Å². The Kier molecular flexibility index (Phi) is 3.42. The first-order valence-corrected chi connectivity index (χ1v) is 6.94. The van der Waals surface area contributed by atoms with Gasteiger partial charge >= 0.3 is 0 Å². The molecule has 1 unspecified atom stereocenters. The van der Waals surface area contributed by atoms with Crippen LogP contribution in [0.4, 0.5) is 0 Å². The lowest BCUT2D eigenvalue weighted by atomic mass is 9.98. The summed E-state index contributed by atoms with van der Waals surface area (Å²) >= 11 is 0. The van der Waals surface area contributed by atoms with Crippen molar-refractivity contribution >= 4 is 5.91 Å². The Bertz CT molecular complexity index is 486. The minimum atomic E-state index is 0.0767. The first-order valence-electron chi connectivity index (χ1n) is 6.94. The van der Waals surface area contributed by atoms with Crippen LogP contribution >= 0.6 is 0 Å². The number of nitrogens with zero attached hydrogens (tertiary/aromatic N) is 1. The van der Waals surface area contributed by atoms with Gasteiger partial charge in [0.1, 0.15) is 5.75 Å². The van der Waals surface area contributed by atoms with E-state index < -0.39 is 0 Å². The summed E-state index contributed by atoms with van der Waals surface area (Å²) < 4.78 is 5.46. The van der Waals surface area contributed by atoms with Gasteiger partial charge in [0.25, 0.3) is 5.91 Å². The Hall–Kier alpha value is -1.55. The second-order valence-corrected chi connectivity index (χ2v) is 5.36. The highest BCUT2D eigenvalue weighted by Gasteiger charge is 2.25. The zero-order chi connectivity index (χ0) is 13.2. The largest absolute Gasteiger partial charge is 0.493 e. The Morgan fingerprint density at radius 3 is 3.21 bits per heavy atom. The van der Waals surface area contributed by atoms with Gasteiger partial charge in [-0.3, -0.25) is 4.79 Å². The van der Waals surface area contributed by atoms with E-state index in [-0.39, 0.29) is 18.4 Å². The Morgan fingerprint density at radius 2 is 2.37 bits per heavy atom. The number of benzene rings is 1. The van der Waals surface area contributed by atoms with Gasteiger partial charge in [-0.2, -0.15) is 0 Å². The van der Waals surface area contributed by atoms with Gasteiger partial charge in [0.05, 0.1) is 6.61 Å². The number of rotatable bonds is 2. The van der Waals surface area contributed by atoms with Crippen LogP contribution < -0.4 is 4.74 Å². The molecule has 0 saturated carbocycles. The van der Waals surface area contributed by atoms with Gasteiger partial charge in [0, 0.05) is 31.7 Å². The Labute approximate surface area is 113 Å². The molecule has 0 bridgehead atoms. The lowest BCUT2D eigenvalue weighted by Gasteiger charge is -2.32. The third-order valence-corrected chi connectivity index (χ3v) is 4.00. The fourth-order valence-corrected chi connectivity index (χ4v) is 2.90. The van der Waals surface area contributed by atoms with Crippen LogP contribution in [-0.2, 0) is 6.42 Å². The number of ether oxygens (including phenoxy) is 1. The SMILES string of the molecule is O=C(c1ccc2c(c1)CCO2)N1CCCC(CO)C1. The number of piperidine rings is 1. The van der Waals surface area contributed by atoms with E-state index in [9.17, 15) is 9.90 Å². The number of carbonyl (C=O) groups is 1. The molecule has 102 valence electrons. The molecule has 1 fully saturated rings. The van der Waals surface area contributed by atoms with Gasteiger partial charge in [-0.15, -0.1) is 0 Å². The summed E-state index contributed by atoms with van der Waals surface area (Å²) in [6.45, 7) is 2.34. The number of aliphatic hydroxyl groups excluding tert-OH is 1. The molecule has 2 heterocycles. The molecule has 1 aromatic carbocycles. The third kappa shape index (κ3) is 2.45. The average Bonchev–Trinajstić information content (AvgIpc) is 2.94. The maximum absolute atomic E-state index is 12.5. The number of likely N-dealkylation sites (tertiary alicyclic amines) is 1. The molecule has 1 saturated heterocycles. The summed E-state index contributed by atoms with van der Waals surface area (Å²) in [5.74, 6) is 1.21. The van der Waals surface area contributed by atoms with Crippen molar-refractivity contribution < 1.29 is 14.6 Å². The predicted octanol–water partition coefficient (Wildman–Crippen LogP) is 1.47. The molecular weight excluding hydrogens is 242 g/mol. The van der Waals surface area contributed by atoms with Crippen LogP contribution in [0.25, 0.3) is 0 Å². The number of amides is 1. The molecule has 1 N–H and O–H groups in total. The van der Waals surface area contributed by atoms with E-state index in [1.165, 1.54) is 0 Å². The molecule has 19 heavy (non-hydrogen) atoms. The minimum Gasteiger partial charge on any atom is -0.493 e. The fourth-order valence-electron chi connectivity index (χ4n) is 2.90. The molecule has 1 aromatic rings. The van der Waals surface area contributed by atoms with Gasteiger partial charge < -0.3 is 14.7 Å². The summed E-state index contributed by atoms with van der Waals surface area (Å²) in [4.78, 5) is 14.3. The molecule has 0 radical (unpaired) electrons. The molecule has 1 atom stereocenters. The summed E-state index contributed by atoms with van der Waals surface area (Å²) in [5.41, 5.74) is 1.87. The van der Waals surface area contributed by atoms with Crippen LogP contribution in [-0.4, -0.2) is 42.2 Å². The van der Waals surface area contributed by atoms with Crippen molar-refractivity contribution in [1.82, 2.24) is 4.90 Å². The van der Waals surface area contributed by atoms with Gasteiger partial charge in [0.15, 0.2) is 0 Å². The molecular formula is C15H19NO3. The third-order valence-electron chi connectivity index (χ3n) is 4.00. The van der Waals surface area contributed by atoms with Crippen LogP contribution in [0.3, 0.4) is 0 Å². The van der Waals surface area contributed by atoms with Crippen molar-refractivity contribution in [3.8, 4) is 5.75 Å². The highest BCUT2D eigenvalue weighted by Crippen LogP contribution is 2.27. The molecule has 2 aliphatic heterocycles.